The van der Waals surface area contributed by atoms with Crippen LogP contribution >= 0.6 is 11.3 Å². The van der Waals surface area contributed by atoms with Crippen molar-refractivity contribution in [2.45, 2.75) is 20.3 Å². The van der Waals surface area contributed by atoms with Crippen LogP contribution in [0.15, 0.2) is 0 Å². The summed E-state index contributed by atoms with van der Waals surface area (Å²) in [5.41, 5.74) is 5.57. The van der Waals surface area contributed by atoms with E-state index < -0.39 is 0 Å². The molecule has 0 amide bonds. The van der Waals surface area contributed by atoms with E-state index in [1.165, 1.54) is 17.8 Å². The first-order valence-corrected chi connectivity index (χ1v) is 5.80. The first-order chi connectivity index (χ1) is 6.65. The van der Waals surface area contributed by atoms with Crippen LogP contribution in [0, 0.1) is 11.8 Å². The van der Waals surface area contributed by atoms with Crippen LogP contribution in [0.2, 0.25) is 0 Å². The summed E-state index contributed by atoms with van der Waals surface area (Å²) in [6.45, 7) is 6.73. The van der Waals surface area contributed by atoms with Crippen LogP contribution in [0.5, 0.6) is 0 Å². The Morgan fingerprint density at radius 2 is 1.93 bits per heavy atom. The van der Waals surface area contributed by atoms with Crippen molar-refractivity contribution in [1.29, 1.82) is 0 Å². The molecule has 4 nitrogen and oxygen atoms in total. The minimum Gasteiger partial charge on any atom is -0.374 e. The molecule has 2 heterocycles. The predicted octanol–water partition coefficient (Wildman–Crippen LogP) is 1.60. The quantitative estimate of drug-likeness (QED) is 0.768. The van der Waals surface area contributed by atoms with E-state index in [9.17, 15) is 0 Å². The maximum Gasteiger partial charge on any atom is 0.210 e. The topological polar surface area (TPSA) is 55.0 Å². The molecule has 1 saturated heterocycles. The number of hydrogen-bond donors (Lipinski definition) is 1. The number of nitrogens with two attached hydrogens (primary N) is 1. The third kappa shape index (κ3) is 1.97. The average molecular weight is 212 g/mol. The van der Waals surface area contributed by atoms with E-state index in [2.05, 4.69) is 28.9 Å². The minimum absolute atomic E-state index is 0.561. The largest absolute Gasteiger partial charge is 0.374 e. The van der Waals surface area contributed by atoms with E-state index in [1.54, 1.807) is 0 Å². The number of aromatic nitrogens is 2. The second kappa shape index (κ2) is 3.73. The first-order valence-electron chi connectivity index (χ1n) is 4.99. The highest BCUT2D eigenvalue weighted by Crippen LogP contribution is 2.28. The number of hydrogen-bond acceptors (Lipinski definition) is 5. The molecule has 2 unspecified atom stereocenters. The van der Waals surface area contributed by atoms with Crippen LogP contribution in [0.3, 0.4) is 0 Å². The van der Waals surface area contributed by atoms with Gasteiger partial charge in [0, 0.05) is 13.1 Å². The Hall–Kier alpha value is -0.840. The summed E-state index contributed by atoms with van der Waals surface area (Å²) in [5, 5.41) is 9.46. The molecule has 2 rings (SSSR count). The summed E-state index contributed by atoms with van der Waals surface area (Å²) >= 11 is 1.48. The van der Waals surface area contributed by atoms with Crippen molar-refractivity contribution in [3.8, 4) is 0 Å². The fraction of sp³-hybridized carbons (Fsp3) is 0.778. The number of nitrogen functional groups attached to an aromatic ring is 1. The Balaban J connectivity index is 2.10. The van der Waals surface area contributed by atoms with E-state index in [-0.39, 0.29) is 0 Å². The third-order valence-electron chi connectivity index (χ3n) is 2.57. The average Bonchev–Trinajstić information content (AvgIpc) is 2.50. The maximum atomic E-state index is 5.57. The third-order valence-corrected chi connectivity index (χ3v) is 3.38. The van der Waals surface area contributed by atoms with E-state index in [1.807, 2.05) is 0 Å². The molecule has 0 bridgehead atoms. The second-order valence-corrected chi connectivity index (χ2v) is 5.26. The molecule has 1 aromatic heterocycles. The van der Waals surface area contributed by atoms with E-state index in [0.717, 1.165) is 30.1 Å². The van der Waals surface area contributed by atoms with Crippen molar-refractivity contribution < 1.29 is 0 Å². The fourth-order valence-electron chi connectivity index (χ4n) is 2.17. The van der Waals surface area contributed by atoms with Gasteiger partial charge in [0.05, 0.1) is 0 Å². The van der Waals surface area contributed by atoms with Gasteiger partial charge in [-0.1, -0.05) is 25.2 Å². The zero-order valence-corrected chi connectivity index (χ0v) is 9.42. The van der Waals surface area contributed by atoms with Gasteiger partial charge < -0.3 is 10.6 Å². The SMILES string of the molecule is CC1CC(C)CN(c2nnc(N)s2)C1. The van der Waals surface area contributed by atoms with Gasteiger partial charge in [0.25, 0.3) is 0 Å². The highest BCUT2D eigenvalue weighted by atomic mass is 32.1. The highest BCUT2D eigenvalue weighted by Gasteiger charge is 2.23. The Kier molecular flexibility index (Phi) is 2.58. The van der Waals surface area contributed by atoms with Crippen LogP contribution < -0.4 is 10.6 Å². The molecule has 14 heavy (non-hydrogen) atoms. The predicted molar refractivity (Wildman–Crippen MR) is 59.5 cm³/mol. The highest BCUT2D eigenvalue weighted by molar-refractivity contribution is 7.18. The molecule has 78 valence electrons. The van der Waals surface area contributed by atoms with Gasteiger partial charge in [0.1, 0.15) is 0 Å². The Bertz CT molecular complexity index is 302. The Morgan fingerprint density at radius 1 is 1.29 bits per heavy atom. The molecule has 2 N–H and O–H groups in total. The summed E-state index contributed by atoms with van der Waals surface area (Å²) in [5.74, 6) is 1.48. The summed E-state index contributed by atoms with van der Waals surface area (Å²) in [7, 11) is 0. The molecule has 1 aliphatic rings. The summed E-state index contributed by atoms with van der Waals surface area (Å²) in [4.78, 5) is 2.30. The van der Waals surface area contributed by atoms with Gasteiger partial charge >= 0.3 is 0 Å². The molecule has 0 saturated carbocycles. The molecule has 1 fully saturated rings. The number of anilines is 2. The summed E-state index contributed by atoms with van der Waals surface area (Å²) in [6, 6.07) is 0. The maximum absolute atomic E-state index is 5.57. The lowest BCUT2D eigenvalue weighted by atomic mass is 9.92. The van der Waals surface area contributed by atoms with Gasteiger partial charge in [-0.25, -0.2) is 0 Å². The van der Waals surface area contributed by atoms with Gasteiger partial charge in [0.2, 0.25) is 10.3 Å². The van der Waals surface area contributed by atoms with Crippen LogP contribution in [-0.2, 0) is 0 Å². The van der Waals surface area contributed by atoms with Crippen molar-refractivity contribution in [2.75, 3.05) is 23.7 Å². The molecule has 5 heteroatoms. The zero-order chi connectivity index (χ0) is 10.1. The Labute approximate surface area is 88.1 Å². The second-order valence-electron chi connectivity index (χ2n) is 4.27. The lowest BCUT2D eigenvalue weighted by molar-refractivity contribution is 0.356. The lowest BCUT2D eigenvalue weighted by Gasteiger charge is -2.34. The molecule has 0 aromatic carbocycles. The van der Waals surface area contributed by atoms with Crippen LogP contribution in [0.4, 0.5) is 10.3 Å². The molecule has 0 radical (unpaired) electrons. The van der Waals surface area contributed by atoms with E-state index in [0.29, 0.717) is 5.13 Å². The van der Waals surface area contributed by atoms with Crippen molar-refractivity contribution in [2.24, 2.45) is 11.8 Å². The number of piperidine rings is 1. The van der Waals surface area contributed by atoms with Gasteiger partial charge in [-0.2, -0.15) is 0 Å². The van der Waals surface area contributed by atoms with Crippen molar-refractivity contribution in [3.63, 3.8) is 0 Å². The minimum atomic E-state index is 0.561. The van der Waals surface area contributed by atoms with Crippen LogP contribution in [0.25, 0.3) is 0 Å². The van der Waals surface area contributed by atoms with E-state index >= 15 is 0 Å². The first kappa shape index (κ1) is 9.71. The molecule has 0 spiro atoms. The Morgan fingerprint density at radius 3 is 2.43 bits per heavy atom. The zero-order valence-electron chi connectivity index (χ0n) is 8.60. The molecular formula is C9H16N4S. The van der Waals surface area contributed by atoms with Crippen LogP contribution in [-0.4, -0.2) is 23.3 Å². The van der Waals surface area contributed by atoms with Crippen LogP contribution in [0.1, 0.15) is 20.3 Å². The monoisotopic (exact) mass is 212 g/mol. The fourth-order valence-corrected chi connectivity index (χ4v) is 2.80. The standard InChI is InChI=1S/C9H16N4S/c1-6-3-7(2)5-13(4-6)9-12-11-8(10)14-9/h6-7H,3-5H2,1-2H3,(H2,10,11). The van der Waals surface area contributed by atoms with Gasteiger partial charge in [-0.15, -0.1) is 10.2 Å². The van der Waals surface area contributed by atoms with Crippen molar-refractivity contribution >= 4 is 21.6 Å². The summed E-state index contributed by atoms with van der Waals surface area (Å²) < 4.78 is 0. The van der Waals surface area contributed by atoms with Gasteiger partial charge in [0.15, 0.2) is 0 Å². The molecule has 0 aliphatic carbocycles. The molecular weight excluding hydrogens is 196 g/mol. The summed E-state index contributed by atoms with van der Waals surface area (Å²) in [6.07, 6.45) is 1.31. The van der Waals surface area contributed by atoms with Gasteiger partial charge in [-0.05, 0) is 18.3 Å². The number of nitrogens with zero attached hydrogens (tertiary/aromatic N) is 3. The number of rotatable bonds is 1. The van der Waals surface area contributed by atoms with E-state index in [4.69, 9.17) is 5.73 Å². The van der Waals surface area contributed by atoms with Gasteiger partial charge in [-0.3, -0.25) is 0 Å². The normalized spacial score (nSPS) is 28.0. The lowest BCUT2D eigenvalue weighted by Crippen LogP contribution is -2.38. The molecule has 1 aromatic rings. The van der Waals surface area contributed by atoms with Crippen molar-refractivity contribution in [1.82, 2.24) is 10.2 Å². The van der Waals surface area contributed by atoms with Crippen molar-refractivity contribution in [3.05, 3.63) is 0 Å². The molecule has 2 atom stereocenters. The molecule has 1 aliphatic heterocycles. The smallest absolute Gasteiger partial charge is 0.210 e.